The lowest BCUT2D eigenvalue weighted by molar-refractivity contribution is -0.187. The molecular formula is C17H30O2. The predicted octanol–water partition coefficient (Wildman–Crippen LogP) is 4.74. The van der Waals surface area contributed by atoms with Gasteiger partial charge in [0.05, 0.1) is 0 Å². The second kappa shape index (κ2) is 4.96. The third-order valence-electron chi connectivity index (χ3n) is 4.35. The van der Waals surface area contributed by atoms with Gasteiger partial charge in [0, 0.05) is 11.0 Å². The van der Waals surface area contributed by atoms with Crippen molar-refractivity contribution in [2.75, 3.05) is 0 Å². The Morgan fingerprint density at radius 1 is 1.26 bits per heavy atom. The van der Waals surface area contributed by atoms with Crippen LogP contribution in [-0.4, -0.2) is 11.6 Å². The number of carbonyl (C=O) groups excluding carboxylic acids is 1. The number of ether oxygens (including phenoxy) is 1. The van der Waals surface area contributed by atoms with Crippen molar-refractivity contribution in [2.45, 2.75) is 73.3 Å². The number of rotatable bonds is 2. The zero-order valence-corrected chi connectivity index (χ0v) is 13.7. The number of esters is 1. The Balaban J connectivity index is 3.14. The van der Waals surface area contributed by atoms with Gasteiger partial charge < -0.3 is 4.74 Å². The summed E-state index contributed by atoms with van der Waals surface area (Å²) >= 11 is 0. The van der Waals surface area contributed by atoms with Crippen molar-refractivity contribution in [2.24, 2.45) is 16.7 Å². The van der Waals surface area contributed by atoms with Gasteiger partial charge in [0.15, 0.2) is 0 Å². The Hall–Kier alpha value is -0.790. The van der Waals surface area contributed by atoms with Crippen LogP contribution in [0.5, 0.6) is 0 Å². The molecule has 1 aliphatic rings. The zero-order valence-electron chi connectivity index (χ0n) is 13.7. The van der Waals surface area contributed by atoms with Crippen molar-refractivity contribution < 1.29 is 9.53 Å². The van der Waals surface area contributed by atoms with Crippen LogP contribution in [0.1, 0.15) is 67.7 Å². The summed E-state index contributed by atoms with van der Waals surface area (Å²) in [5.41, 5.74) is 0.244. The molecular weight excluding hydrogens is 236 g/mol. The minimum Gasteiger partial charge on any atom is -0.455 e. The van der Waals surface area contributed by atoms with Gasteiger partial charge in [0.2, 0.25) is 0 Å². The maximum absolute atomic E-state index is 12.1. The SMILES string of the molecule is C=C(C)C(=O)OC1(C(C)(C)C)CC(C)CC(C)(C)C1. The highest BCUT2D eigenvalue weighted by atomic mass is 16.6. The standard InChI is InChI=1S/C17H30O2/c1-12(2)14(18)19-17(15(4,5)6)10-13(3)9-16(7,8)11-17/h13H,1,9-11H2,2-8H3. The van der Waals surface area contributed by atoms with E-state index in [1.807, 2.05) is 0 Å². The first-order chi connectivity index (χ1) is 8.39. The summed E-state index contributed by atoms with van der Waals surface area (Å²) in [5, 5.41) is 0. The molecule has 2 heteroatoms. The number of carbonyl (C=O) groups is 1. The molecule has 0 aromatic carbocycles. The Bertz CT molecular complexity index is 373. The number of hydrogen-bond donors (Lipinski definition) is 0. The van der Waals surface area contributed by atoms with E-state index in [0.29, 0.717) is 11.5 Å². The van der Waals surface area contributed by atoms with Crippen LogP contribution in [0, 0.1) is 16.7 Å². The fourth-order valence-corrected chi connectivity index (χ4v) is 3.56. The molecule has 1 fully saturated rings. The third-order valence-corrected chi connectivity index (χ3v) is 4.35. The molecule has 2 unspecified atom stereocenters. The van der Waals surface area contributed by atoms with E-state index in [1.165, 1.54) is 6.42 Å². The van der Waals surface area contributed by atoms with Crippen LogP contribution in [0.2, 0.25) is 0 Å². The summed E-state index contributed by atoms with van der Waals surface area (Å²) in [6.45, 7) is 18.8. The van der Waals surface area contributed by atoms with Gasteiger partial charge in [-0.2, -0.15) is 0 Å². The molecule has 0 aromatic heterocycles. The molecule has 0 aliphatic heterocycles. The largest absolute Gasteiger partial charge is 0.455 e. The lowest BCUT2D eigenvalue weighted by atomic mass is 9.58. The van der Waals surface area contributed by atoms with Crippen molar-refractivity contribution in [3.63, 3.8) is 0 Å². The van der Waals surface area contributed by atoms with E-state index in [9.17, 15) is 4.79 Å². The molecule has 110 valence electrons. The third kappa shape index (κ3) is 3.61. The summed E-state index contributed by atoms with van der Waals surface area (Å²) in [4.78, 5) is 12.1. The molecule has 0 aromatic rings. The van der Waals surface area contributed by atoms with Crippen molar-refractivity contribution in [3.05, 3.63) is 12.2 Å². The summed E-state index contributed by atoms with van der Waals surface area (Å²) < 4.78 is 5.97. The van der Waals surface area contributed by atoms with Crippen LogP contribution in [0.3, 0.4) is 0 Å². The van der Waals surface area contributed by atoms with Gasteiger partial charge in [-0.25, -0.2) is 4.79 Å². The summed E-state index contributed by atoms with van der Waals surface area (Å²) in [6.07, 6.45) is 3.06. The fraction of sp³-hybridized carbons (Fsp3) is 0.824. The summed E-state index contributed by atoms with van der Waals surface area (Å²) in [5.74, 6) is 0.320. The van der Waals surface area contributed by atoms with E-state index >= 15 is 0 Å². The van der Waals surface area contributed by atoms with Gasteiger partial charge in [-0.1, -0.05) is 48.1 Å². The summed E-state index contributed by atoms with van der Waals surface area (Å²) in [6, 6.07) is 0. The van der Waals surface area contributed by atoms with Crippen molar-refractivity contribution >= 4 is 5.97 Å². The lowest BCUT2D eigenvalue weighted by Gasteiger charge is -2.53. The Labute approximate surface area is 118 Å². The maximum Gasteiger partial charge on any atom is 0.333 e. The average molecular weight is 266 g/mol. The molecule has 0 spiro atoms. The van der Waals surface area contributed by atoms with Crippen molar-refractivity contribution in [1.29, 1.82) is 0 Å². The molecule has 0 bridgehead atoms. The van der Waals surface area contributed by atoms with E-state index in [0.717, 1.165) is 12.8 Å². The molecule has 1 rings (SSSR count). The molecule has 2 nitrogen and oxygen atoms in total. The zero-order chi connectivity index (χ0) is 15.1. The molecule has 0 saturated heterocycles. The first kappa shape index (κ1) is 16.3. The predicted molar refractivity (Wildman–Crippen MR) is 79.9 cm³/mol. The minimum absolute atomic E-state index is 0.0654. The van der Waals surface area contributed by atoms with Crippen LogP contribution >= 0.6 is 0 Å². The van der Waals surface area contributed by atoms with E-state index in [2.05, 4.69) is 48.1 Å². The van der Waals surface area contributed by atoms with Gasteiger partial charge in [-0.3, -0.25) is 0 Å². The highest BCUT2D eigenvalue weighted by Gasteiger charge is 2.52. The lowest BCUT2D eigenvalue weighted by Crippen LogP contribution is -2.53. The smallest absolute Gasteiger partial charge is 0.333 e. The highest BCUT2D eigenvalue weighted by Crippen LogP contribution is 2.53. The van der Waals surface area contributed by atoms with Crippen LogP contribution in [0.15, 0.2) is 12.2 Å². The van der Waals surface area contributed by atoms with Gasteiger partial charge in [0.1, 0.15) is 5.60 Å². The van der Waals surface area contributed by atoms with Gasteiger partial charge >= 0.3 is 5.97 Å². The summed E-state index contributed by atoms with van der Waals surface area (Å²) in [7, 11) is 0. The van der Waals surface area contributed by atoms with E-state index < -0.39 is 0 Å². The molecule has 19 heavy (non-hydrogen) atoms. The number of hydrogen-bond acceptors (Lipinski definition) is 2. The molecule has 1 saturated carbocycles. The monoisotopic (exact) mass is 266 g/mol. The van der Waals surface area contributed by atoms with Gasteiger partial charge in [-0.05, 0) is 37.5 Å². The molecule has 0 heterocycles. The second-order valence-electron chi connectivity index (χ2n) is 8.27. The molecule has 1 aliphatic carbocycles. The normalized spacial score (nSPS) is 30.8. The Morgan fingerprint density at radius 3 is 2.16 bits per heavy atom. The van der Waals surface area contributed by atoms with Crippen LogP contribution in [0.4, 0.5) is 0 Å². The molecule has 0 N–H and O–H groups in total. The van der Waals surface area contributed by atoms with Crippen LogP contribution in [0.25, 0.3) is 0 Å². The molecule has 0 amide bonds. The Kier molecular flexibility index (Phi) is 4.24. The van der Waals surface area contributed by atoms with E-state index in [4.69, 9.17) is 4.74 Å². The van der Waals surface area contributed by atoms with Crippen molar-refractivity contribution in [3.8, 4) is 0 Å². The van der Waals surface area contributed by atoms with E-state index in [1.54, 1.807) is 6.92 Å². The van der Waals surface area contributed by atoms with Gasteiger partial charge in [-0.15, -0.1) is 0 Å². The quantitative estimate of drug-likeness (QED) is 0.533. The van der Waals surface area contributed by atoms with Gasteiger partial charge in [0.25, 0.3) is 0 Å². The van der Waals surface area contributed by atoms with Crippen LogP contribution < -0.4 is 0 Å². The molecule has 0 radical (unpaired) electrons. The topological polar surface area (TPSA) is 26.3 Å². The fourth-order valence-electron chi connectivity index (χ4n) is 3.56. The Morgan fingerprint density at radius 2 is 1.79 bits per heavy atom. The maximum atomic E-state index is 12.1. The second-order valence-corrected chi connectivity index (χ2v) is 8.27. The first-order valence-electron chi connectivity index (χ1n) is 7.27. The first-order valence-corrected chi connectivity index (χ1v) is 7.27. The molecule has 2 atom stereocenters. The van der Waals surface area contributed by atoms with Crippen LogP contribution in [-0.2, 0) is 9.53 Å². The van der Waals surface area contributed by atoms with E-state index in [-0.39, 0.29) is 22.4 Å². The highest BCUT2D eigenvalue weighted by molar-refractivity contribution is 5.87. The average Bonchev–Trinajstić information content (AvgIpc) is 2.11. The van der Waals surface area contributed by atoms with Crippen molar-refractivity contribution in [1.82, 2.24) is 0 Å². The minimum atomic E-state index is -0.385.